The maximum absolute atomic E-state index is 12.3. The SMILES string of the molecule is Cc1c(-c2ccc(N)cc2)oc2ccccc2c1=O. The summed E-state index contributed by atoms with van der Waals surface area (Å²) in [7, 11) is 0. The first-order chi connectivity index (χ1) is 9.16. The van der Waals surface area contributed by atoms with Crippen molar-refractivity contribution < 1.29 is 4.42 Å². The van der Waals surface area contributed by atoms with Crippen LogP contribution in [0.5, 0.6) is 0 Å². The number of rotatable bonds is 1. The van der Waals surface area contributed by atoms with Crippen molar-refractivity contribution in [2.45, 2.75) is 6.92 Å². The smallest absolute Gasteiger partial charge is 0.196 e. The van der Waals surface area contributed by atoms with Crippen molar-refractivity contribution in [2.24, 2.45) is 0 Å². The Balaban J connectivity index is 2.33. The predicted molar refractivity (Wildman–Crippen MR) is 77.1 cm³/mol. The fraction of sp³-hybridized carbons (Fsp3) is 0.0625. The second kappa shape index (κ2) is 4.28. The third-order valence-corrected chi connectivity index (χ3v) is 3.20. The molecule has 2 N–H and O–H groups in total. The molecule has 1 heterocycles. The molecule has 0 saturated carbocycles. The van der Waals surface area contributed by atoms with Crippen molar-refractivity contribution in [1.82, 2.24) is 0 Å². The Hall–Kier alpha value is -2.55. The lowest BCUT2D eigenvalue weighted by Crippen LogP contribution is -2.07. The van der Waals surface area contributed by atoms with Crippen LogP contribution < -0.4 is 11.2 Å². The maximum atomic E-state index is 12.3. The molecule has 0 saturated heterocycles. The number of benzene rings is 2. The zero-order valence-corrected chi connectivity index (χ0v) is 10.5. The van der Waals surface area contributed by atoms with Gasteiger partial charge in [-0.25, -0.2) is 0 Å². The van der Waals surface area contributed by atoms with Crippen LogP contribution in [-0.4, -0.2) is 0 Å². The minimum Gasteiger partial charge on any atom is -0.456 e. The Morgan fingerprint density at radius 1 is 1.00 bits per heavy atom. The molecule has 0 unspecified atom stereocenters. The van der Waals surface area contributed by atoms with E-state index in [0.29, 0.717) is 28.0 Å². The van der Waals surface area contributed by atoms with Crippen molar-refractivity contribution in [2.75, 3.05) is 5.73 Å². The average molecular weight is 251 g/mol. The van der Waals surface area contributed by atoms with Crippen molar-refractivity contribution in [3.8, 4) is 11.3 Å². The number of hydrogen-bond donors (Lipinski definition) is 1. The van der Waals surface area contributed by atoms with E-state index in [1.165, 1.54) is 0 Å². The summed E-state index contributed by atoms with van der Waals surface area (Å²) in [5.74, 6) is 0.601. The van der Waals surface area contributed by atoms with E-state index in [2.05, 4.69) is 0 Å². The van der Waals surface area contributed by atoms with Gasteiger partial charge in [0.25, 0.3) is 0 Å². The van der Waals surface area contributed by atoms with Crippen LogP contribution in [0.25, 0.3) is 22.3 Å². The zero-order valence-electron chi connectivity index (χ0n) is 10.5. The molecule has 0 amide bonds. The van der Waals surface area contributed by atoms with Gasteiger partial charge in [-0.2, -0.15) is 0 Å². The van der Waals surface area contributed by atoms with Gasteiger partial charge in [0, 0.05) is 16.8 Å². The molecule has 0 aliphatic carbocycles. The Morgan fingerprint density at radius 3 is 2.42 bits per heavy atom. The molecule has 3 rings (SSSR count). The number of hydrogen-bond acceptors (Lipinski definition) is 3. The van der Waals surface area contributed by atoms with E-state index in [1.54, 1.807) is 31.2 Å². The van der Waals surface area contributed by atoms with Crippen LogP contribution in [0.3, 0.4) is 0 Å². The monoisotopic (exact) mass is 251 g/mol. The third-order valence-electron chi connectivity index (χ3n) is 3.20. The standard InChI is InChI=1S/C16H13NO2/c1-10-15(18)13-4-2-3-5-14(13)19-16(10)11-6-8-12(17)9-7-11/h2-9H,17H2,1H3. The van der Waals surface area contributed by atoms with E-state index in [-0.39, 0.29) is 5.43 Å². The number of nitrogen functional groups attached to an aromatic ring is 1. The molecule has 1 aromatic heterocycles. The topological polar surface area (TPSA) is 56.2 Å². The first-order valence-corrected chi connectivity index (χ1v) is 6.05. The molecule has 3 aromatic rings. The van der Waals surface area contributed by atoms with Crippen LogP contribution in [0, 0.1) is 6.92 Å². The lowest BCUT2D eigenvalue weighted by Gasteiger charge is -2.07. The largest absolute Gasteiger partial charge is 0.456 e. The number of anilines is 1. The van der Waals surface area contributed by atoms with Gasteiger partial charge in [0.2, 0.25) is 0 Å². The van der Waals surface area contributed by atoms with Crippen LogP contribution in [-0.2, 0) is 0 Å². The summed E-state index contributed by atoms with van der Waals surface area (Å²) < 4.78 is 5.86. The number of fused-ring (bicyclic) bond motifs is 1. The van der Waals surface area contributed by atoms with Gasteiger partial charge in [0.1, 0.15) is 11.3 Å². The molecule has 0 aliphatic rings. The molecule has 3 nitrogen and oxygen atoms in total. The quantitative estimate of drug-likeness (QED) is 0.675. The van der Waals surface area contributed by atoms with E-state index in [1.807, 2.05) is 24.3 Å². The summed E-state index contributed by atoms with van der Waals surface area (Å²) in [6.07, 6.45) is 0. The molecule has 0 aliphatic heterocycles. The van der Waals surface area contributed by atoms with Gasteiger partial charge in [-0.3, -0.25) is 4.79 Å². The van der Waals surface area contributed by atoms with Gasteiger partial charge in [-0.05, 0) is 43.3 Å². The fourth-order valence-electron chi connectivity index (χ4n) is 2.14. The number of nitrogens with two attached hydrogens (primary N) is 1. The van der Waals surface area contributed by atoms with Gasteiger partial charge < -0.3 is 10.2 Å². The van der Waals surface area contributed by atoms with Gasteiger partial charge in [-0.1, -0.05) is 12.1 Å². The summed E-state index contributed by atoms with van der Waals surface area (Å²) in [6, 6.07) is 14.6. The molecule has 0 atom stereocenters. The zero-order chi connectivity index (χ0) is 13.4. The average Bonchev–Trinajstić information content (AvgIpc) is 2.44. The second-order valence-electron chi connectivity index (χ2n) is 4.50. The summed E-state index contributed by atoms with van der Waals surface area (Å²) in [5, 5.41) is 0.610. The molecule has 0 spiro atoms. The highest BCUT2D eigenvalue weighted by atomic mass is 16.3. The van der Waals surface area contributed by atoms with E-state index >= 15 is 0 Å². The molecule has 94 valence electrons. The Morgan fingerprint density at radius 2 is 1.68 bits per heavy atom. The highest BCUT2D eigenvalue weighted by Crippen LogP contribution is 2.25. The predicted octanol–water partition coefficient (Wildman–Crippen LogP) is 3.35. The summed E-state index contributed by atoms with van der Waals surface area (Å²) in [5.41, 5.74) is 8.44. The van der Waals surface area contributed by atoms with Crippen LogP contribution in [0.1, 0.15) is 5.56 Å². The van der Waals surface area contributed by atoms with Crippen LogP contribution in [0.4, 0.5) is 5.69 Å². The minimum absolute atomic E-state index is 0.00803. The van der Waals surface area contributed by atoms with Crippen molar-refractivity contribution in [3.63, 3.8) is 0 Å². The highest BCUT2D eigenvalue weighted by molar-refractivity contribution is 5.80. The summed E-state index contributed by atoms with van der Waals surface area (Å²) >= 11 is 0. The van der Waals surface area contributed by atoms with Gasteiger partial charge in [-0.15, -0.1) is 0 Å². The van der Waals surface area contributed by atoms with Crippen molar-refractivity contribution in [1.29, 1.82) is 0 Å². The Kier molecular flexibility index (Phi) is 2.60. The lowest BCUT2D eigenvalue weighted by molar-refractivity contribution is 0.614. The molecular formula is C16H13NO2. The van der Waals surface area contributed by atoms with Gasteiger partial charge >= 0.3 is 0 Å². The first-order valence-electron chi connectivity index (χ1n) is 6.05. The maximum Gasteiger partial charge on any atom is 0.196 e. The number of para-hydroxylation sites is 1. The molecular weight excluding hydrogens is 238 g/mol. The van der Waals surface area contributed by atoms with E-state index in [0.717, 1.165) is 5.56 Å². The normalized spacial score (nSPS) is 10.8. The minimum atomic E-state index is 0.00803. The molecule has 3 heteroatoms. The van der Waals surface area contributed by atoms with Crippen molar-refractivity contribution >= 4 is 16.7 Å². The summed E-state index contributed by atoms with van der Waals surface area (Å²) in [6.45, 7) is 1.78. The fourth-order valence-corrected chi connectivity index (χ4v) is 2.14. The van der Waals surface area contributed by atoms with Crippen LogP contribution in [0.2, 0.25) is 0 Å². The Bertz CT molecular complexity index is 801. The highest BCUT2D eigenvalue weighted by Gasteiger charge is 2.11. The van der Waals surface area contributed by atoms with E-state index in [9.17, 15) is 4.79 Å². The van der Waals surface area contributed by atoms with E-state index in [4.69, 9.17) is 10.2 Å². The lowest BCUT2D eigenvalue weighted by atomic mass is 10.1. The molecule has 0 bridgehead atoms. The van der Waals surface area contributed by atoms with Crippen LogP contribution in [0.15, 0.2) is 57.7 Å². The first kappa shape index (κ1) is 11.5. The van der Waals surface area contributed by atoms with E-state index < -0.39 is 0 Å². The van der Waals surface area contributed by atoms with Gasteiger partial charge in [0.05, 0.1) is 5.39 Å². The second-order valence-corrected chi connectivity index (χ2v) is 4.50. The Labute approximate surface area is 110 Å². The van der Waals surface area contributed by atoms with Crippen LogP contribution >= 0.6 is 0 Å². The third kappa shape index (κ3) is 1.89. The molecule has 19 heavy (non-hydrogen) atoms. The summed E-state index contributed by atoms with van der Waals surface area (Å²) in [4.78, 5) is 12.3. The van der Waals surface area contributed by atoms with Gasteiger partial charge in [0.15, 0.2) is 5.43 Å². The molecule has 0 radical (unpaired) electrons. The molecule has 2 aromatic carbocycles. The molecule has 0 fully saturated rings. The van der Waals surface area contributed by atoms with Crippen molar-refractivity contribution in [3.05, 3.63) is 64.3 Å².